The molecular formula is C42H34N4O5S. The van der Waals surface area contributed by atoms with Gasteiger partial charge in [0.05, 0.1) is 36.0 Å². The number of fused-ring (bicyclic) bond motifs is 1. The number of aromatic nitrogens is 3. The second-order valence-corrected chi connectivity index (χ2v) is 13.3. The topological polar surface area (TPSA) is 120 Å². The number of nitrogens with zero attached hydrogens (tertiary/aromatic N) is 3. The lowest BCUT2D eigenvalue weighted by atomic mass is 10.0. The number of carbonyl (C=O) groups excluding carboxylic acids is 1. The van der Waals surface area contributed by atoms with Gasteiger partial charge in [-0.3, -0.25) is 9.78 Å². The fourth-order valence-corrected chi connectivity index (χ4v) is 6.95. The average Bonchev–Trinajstić information content (AvgIpc) is 3.65. The number of carbonyl (C=O) groups is 1. The van der Waals surface area contributed by atoms with Crippen LogP contribution in [0.1, 0.15) is 46.0 Å². The Labute approximate surface area is 304 Å². The number of benzene rings is 5. The highest BCUT2D eigenvalue weighted by molar-refractivity contribution is 7.99. The molecule has 5 aromatic carbocycles. The average molecular weight is 707 g/mol. The van der Waals surface area contributed by atoms with Crippen LogP contribution in [0, 0.1) is 0 Å². The van der Waals surface area contributed by atoms with E-state index in [2.05, 4.69) is 15.3 Å². The molecule has 2 N–H and O–H groups in total. The van der Waals surface area contributed by atoms with Crippen LogP contribution in [0.4, 0.5) is 5.69 Å². The van der Waals surface area contributed by atoms with Gasteiger partial charge in [-0.25, -0.2) is 9.97 Å². The summed E-state index contributed by atoms with van der Waals surface area (Å²) in [6.45, 7) is -0.0286. The molecule has 0 radical (unpaired) electrons. The third-order valence-corrected chi connectivity index (χ3v) is 9.78. The number of ether oxygens (including phenoxy) is 2. The number of amides is 1. The van der Waals surface area contributed by atoms with E-state index in [0.29, 0.717) is 28.6 Å². The lowest BCUT2D eigenvalue weighted by Crippen LogP contribution is -2.31. The van der Waals surface area contributed by atoms with Crippen molar-refractivity contribution in [1.29, 1.82) is 0 Å². The minimum Gasteiger partial charge on any atom is -0.431 e. The number of anilines is 1. The lowest BCUT2D eigenvalue weighted by Gasteiger charge is -2.36. The number of aliphatic hydroxyl groups is 1. The number of hydrogen-bond acceptors (Lipinski definition) is 9. The van der Waals surface area contributed by atoms with Gasteiger partial charge in [0.15, 0.2) is 12.1 Å². The number of aliphatic hydroxyl groups excluding tert-OH is 1. The molecule has 9 nitrogen and oxygen atoms in total. The minimum absolute atomic E-state index is 0.0286. The summed E-state index contributed by atoms with van der Waals surface area (Å²) in [5, 5.41) is 13.1. The predicted octanol–water partition coefficient (Wildman–Crippen LogP) is 9.03. The van der Waals surface area contributed by atoms with Crippen LogP contribution < -0.4 is 5.32 Å². The number of para-hydroxylation sites is 2. The predicted molar refractivity (Wildman–Crippen MR) is 200 cm³/mol. The molecule has 1 fully saturated rings. The highest BCUT2D eigenvalue weighted by Gasteiger charge is 2.33. The maximum Gasteiger partial charge on any atom is 0.275 e. The molecule has 0 saturated carbocycles. The molecule has 10 heteroatoms. The molecule has 52 heavy (non-hydrogen) atoms. The van der Waals surface area contributed by atoms with Crippen LogP contribution in [0.5, 0.6) is 0 Å². The fraction of sp³-hybridized carbons (Fsp3) is 0.143. The quantitative estimate of drug-likeness (QED) is 0.134. The molecule has 3 atom stereocenters. The maximum absolute atomic E-state index is 13.0. The first kappa shape index (κ1) is 33.5. The number of oxazole rings is 1. The van der Waals surface area contributed by atoms with Crippen molar-refractivity contribution in [2.45, 2.75) is 36.7 Å². The van der Waals surface area contributed by atoms with Crippen LogP contribution >= 0.6 is 11.8 Å². The number of thioether (sulfide) groups is 1. The van der Waals surface area contributed by atoms with E-state index >= 15 is 0 Å². The van der Waals surface area contributed by atoms with Gasteiger partial charge >= 0.3 is 0 Å². The van der Waals surface area contributed by atoms with Crippen molar-refractivity contribution in [1.82, 2.24) is 15.0 Å². The molecule has 0 aliphatic carbocycles. The molecule has 3 heterocycles. The summed E-state index contributed by atoms with van der Waals surface area (Å²) in [6, 6.07) is 42.7. The van der Waals surface area contributed by atoms with Gasteiger partial charge in [-0.1, -0.05) is 121 Å². The summed E-state index contributed by atoms with van der Waals surface area (Å²) in [4.78, 5) is 26.7. The standard InChI is InChI=1S/C42H34N4O5S/c47-25-27-15-17-28(18-16-27)37-23-33(26-52-42-46-38(29-9-3-1-4-10-29)39(51-42)30-11-5-2-6-12-30)49-41(50-37)31-19-21-32(22-20-31)44-40(48)36-24-43-34-13-7-8-14-35(34)45-36/h1-22,24,33,37,41,47H,23,25-26H2,(H,44,48). The van der Waals surface area contributed by atoms with E-state index in [9.17, 15) is 9.90 Å². The van der Waals surface area contributed by atoms with Gasteiger partial charge in [0.25, 0.3) is 11.1 Å². The van der Waals surface area contributed by atoms with Crippen molar-refractivity contribution in [2.24, 2.45) is 0 Å². The number of hydrogen-bond donors (Lipinski definition) is 2. The summed E-state index contributed by atoms with van der Waals surface area (Å²) in [5.74, 6) is 0.952. The van der Waals surface area contributed by atoms with E-state index in [1.54, 1.807) is 0 Å². The van der Waals surface area contributed by atoms with Crippen molar-refractivity contribution in [3.05, 3.63) is 162 Å². The van der Waals surface area contributed by atoms with Crippen LogP contribution in [0.2, 0.25) is 0 Å². The Kier molecular flexibility index (Phi) is 9.86. The van der Waals surface area contributed by atoms with Gasteiger partial charge in [0.2, 0.25) is 0 Å². The van der Waals surface area contributed by atoms with Crippen molar-refractivity contribution in [2.75, 3.05) is 11.1 Å². The monoisotopic (exact) mass is 706 g/mol. The van der Waals surface area contributed by atoms with E-state index in [-0.39, 0.29) is 30.4 Å². The first-order chi connectivity index (χ1) is 25.6. The summed E-state index contributed by atoms with van der Waals surface area (Å²) >= 11 is 1.51. The molecule has 3 unspecified atom stereocenters. The maximum atomic E-state index is 13.0. The van der Waals surface area contributed by atoms with Crippen LogP contribution in [0.25, 0.3) is 33.6 Å². The summed E-state index contributed by atoms with van der Waals surface area (Å²) in [7, 11) is 0. The summed E-state index contributed by atoms with van der Waals surface area (Å²) in [5.41, 5.74) is 7.59. The first-order valence-corrected chi connectivity index (χ1v) is 18.0. The Bertz CT molecular complexity index is 2230. The van der Waals surface area contributed by atoms with Crippen molar-refractivity contribution >= 4 is 34.4 Å². The molecule has 2 aromatic heterocycles. The molecule has 1 amide bonds. The van der Waals surface area contributed by atoms with Crippen LogP contribution in [0.3, 0.4) is 0 Å². The lowest BCUT2D eigenvalue weighted by molar-refractivity contribution is -0.245. The summed E-state index contributed by atoms with van der Waals surface area (Å²) in [6.07, 6.45) is 0.962. The van der Waals surface area contributed by atoms with Gasteiger partial charge in [-0.2, -0.15) is 0 Å². The molecular weight excluding hydrogens is 673 g/mol. The number of nitrogens with one attached hydrogen (secondary N) is 1. The molecule has 8 rings (SSSR count). The zero-order valence-corrected chi connectivity index (χ0v) is 28.8. The van der Waals surface area contributed by atoms with E-state index in [1.165, 1.54) is 18.0 Å². The van der Waals surface area contributed by atoms with Gasteiger partial charge in [-0.15, -0.1) is 0 Å². The zero-order valence-electron chi connectivity index (χ0n) is 28.0. The largest absolute Gasteiger partial charge is 0.431 e. The van der Waals surface area contributed by atoms with Gasteiger partial charge < -0.3 is 24.3 Å². The highest BCUT2D eigenvalue weighted by atomic mass is 32.2. The molecule has 1 aliphatic heterocycles. The molecule has 258 valence electrons. The van der Waals surface area contributed by atoms with E-state index in [1.807, 2.05) is 133 Å². The fourth-order valence-electron chi connectivity index (χ4n) is 6.11. The van der Waals surface area contributed by atoms with Crippen LogP contribution in [-0.2, 0) is 16.1 Å². The Morgan fingerprint density at radius 1 is 0.750 bits per heavy atom. The zero-order chi connectivity index (χ0) is 35.3. The van der Waals surface area contributed by atoms with Gasteiger partial charge in [-0.05, 0) is 35.4 Å². The van der Waals surface area contributed by atoms with E-state index in [0.717, 1.165) is 44.8 Å². The normalized spacial score (nSPS) is 17.2. The number of rotatable bonds is 10. The Hall–Kier alpha value is -5.65. The van der Waals surface area contributed by atoms with Gasteiger partial charge in [0.1, 0.15) is 11.4 Å². The van der Waals surface area contributed by atoms with Crippen molar-refractivity contribution in [3.8, 4) is 22.6 Å². The van der Waals surface area contributed by atoms with Crippen molar-refractivity contribution in [3.63, 3.8) is 0 Å². The van der Waals surface area contributed by atoms with Crippen LogP contribution in [0.15, 0.2) is 149 Å². The SMILES string of the molecule is O=C(Nc1ccc(C2OC(CSc3nc(-c4ccccc4)c(-c4ccccc4)o3)CC(c3ccc(CO)cc3)O2)cc1)c1cnc2ccccc2n1. The van der Waals surface area contributed by atoms with Crippen LogP contribution in [-0.4, -0.2) is 37.8 Å². The van der Waals surface area contributed by atoms with E-state index < -0.39 is 6.29 Å². The molecule has 1 aliphatic rings. The molecule has 0 bridgehead atoms. The van der Waals surface area contributed by atoms with Gasteiger partial charge in [0, 0.05) is 34.6 Å². The second-order valence-electron chi connectivity index (χ2n) is 12.4. The van der Waals surface area contributed by atoms with E-state index in [4.69, 9.17) is 18.9 Å². The summed E-state index contributed by atoms with van der Waals surface area (Å²) < 4.78 is 19.5. The first-order valence-electron chi connectivity index (χ1n) is 17.0. The minimum atomic E-state index is -0.665. The third-order valence-electron chi connectivity index (χ3n) is 8.82. The third kappa shape index (κ3) is 7.51. The Morgan fingerprint density at radius 2 is 1.42 bits per heavy atom. The highest BCUT2D eigenvalue weighted by Crippen LogP contribution is 2.41. The smallest absolute Gasteiger partial charge is 0.275 e. The second kappa shape index (κ2) is 15.3. The van der Waals surface area contributed by atoms with Crippen molar-refractivity contribution < 1.29 is 23.8 Å². The Morgan fingerprint density at radius 3 is 2.15 bits per heavy atom. The Balaban J connectivity index is 1.01. The molecule has 1 saturated heterocycles. The molecule has 7 aromatic rings. The molecule has 0 spiro atoms.